The molecule has 0 saturated heterocycles. The molecule has 2 aromatic rings. The molecule has 1 heterocycles. The largest absolute Gasteiger partial charge is 0.356 e. The molecule has 65 valence electrons. The van der Waals surface area contributed by atoms with Gasteiger partial charge in [0, 0.05) is 11.1 Å². The van der Waals surface area contributed by atoms with Crippen LogP contribution < -0.4 is 0 Å². The zero-order valence-corrected chi connectivity index (χ0v) is 7.45. The minimum absolute atomic E-state index is 0.762. The molecule has 2 rings (SSSR count). The van der Waals surface area contributed by atoms with Crippen LogP contribution in [0.2, 0.25) is 0 Å². The van der Waals surface area contributed by atoms with Crippen LogP contribution in [-0.4, -0.2) is 5.16 Å². The lowest BCUT2D eigenvalue weighted by molar-refractivity contribution is 0.427. The number of hydrogen-bond acceptors (Lipinski definition) is 2. The van der Waals surface area contributed by atoms with E-state index in [1.165, 1.54) is 0 Å². The molecule has 0 aliphatic heterocycles. The standard InChI is InChI=1S/C11H10NO/c1-8-9(2)12-13-11(8)10-6-4-3-5-7-10/h3-7H,1H2,2H3. The second-order valence-corrected chi connectivity index (χ2v) is 2.94. The Bertz CT molecular complexity index is 403. The smallest absolute Gasteiger partial charge is 0.170 e. The third kappa shape index (κ3) is 1.35. The third-order valence-electron chi connectivity index (χ3n) is 2.02. The molecule has 0 N–H and O–H groups in total. The Morgan fingerprint density at radius 3 is 2.46 bits per heavy atom. The van der Waals surface area contributed by atoms with Crippen molar-refractivity contribution in [1.82, 2.24) is 5.16 Å². The molecule has 0 spiro atoms. The maximum atomic E-state index is 5.17. The molecule has 0 fully saturated rings. The van der Waals surface area contributed by atoms with Gasteiger partial charge in [-0.2, -0.15) is 0 Å². The van der Waals surface area contributed by atoms with Crippen LogP contribution in [0, 0.1) is 13.8 Å². The highest BCUT2D eigenvalue weighted by Crippen LogP contribution is 2.24. The van der Waals surface area contributed by atoms with Gasteiger partial charge < -0.3 is 4.52 Å². The number of benzene rings is 1. The van der Waals surface area contributed by atoms with Gasteiger partial charge in [-0.3, -0.25) is 0 Å². The molecular weight excluding hydrogens is 162 g/mol. The summed E-state index contributed by atoms with van der Waals surface area (Å²) in [6, 6.07) is 9.86. The quantitative estimate of drug-likeness (QED) is 0.661. The minimum atomic E-state index is 0.762. The molecule has 0 aliphatic rings. The van der Waals surface area contributed by atoms with E-state index in [1.54, 1.807) is 0 Å². The average Bonchev–Trinajstić information content (AvgIpc) is 2.49. The normalized spacial score (nSPS) is 10.3. The highest BCUT2D eigenvalue weighted by molar-refractivity contribution is 5.62. The van der Waals surface area contributed by atoms with E-state index in [1.807, 2.05) is 37.3 Å². The average molecular weight is 172 g/mol. The van der Waals surface area contributed by atoms with Crippen LogP contribution in [-0.2, 0) is 0 Å². The molecule has 0 amide bonds. The van der Waals surface area contributed by atoms with Gasteiger partial charge in [-0.15, -0.1) is 0 Å². The van der Waals surface area contributed by atoms with Crippen molar-refractivity contribution in [2.24, 2.45) is 0 Å². The molecule has 0 saturated carbocycles. The Labute approximate surface area is 77.2 Å². The summed E-state index contributed by atoms with van der Waals surface area (Å²) in [7, 11) is 0. The lowest BCUT2D eigenvalue weighted by atomic mass is 10.1. The summed E-state index contributed by atoms with van der Waals surface area (Å²) in [5, 5.41) is 3.86. The summed E-state index contributed by atoms with van der Waals surface area (Å²) in [6.07, 6.45) is 0. The van der Waals surface area contributed by atoms with E-state index in [4.69, 9.17) is 4.52 Å². The van der Waals surface area contributed by atoms with Gasteiger partial charge in [-0.1, -0.05) is 35.5 Å². The summed E-state index contributed by atoms with van der Waals surface area (Å²) < 4.78 is 5.17. The maximum Gasteiger partial charge on any atom is 0.170 e. The van der Waals surface area contributed by atoms with Crippen molar-refractivity contribution < 1.29 is 4.52 Å². The number of rotatable bonds is 1. The van der Waals surface area contributed by atoms with Gasteiger partial charge in [0.05, 0.1) is 5.69 Å². The summed E-state index contributed by atoms with van der Waals surface area (Å²) in [5.41, 5.74) is 2.73. The van der Waals surface area contributed by atoms with E-state index in [-0.39, 0.29) is 0 Å². The first kappa shape index (κ1) is 8.05. The fourth-order valence-corrected chi connectivity index (χ4v) is 1.21. The van der Waals surface area contributed by atoms with Gasteiger partial charge in [0.15, 0.2) is 5.76 Å². The van der Waals surface area contributed by atoms with Crippen LogP contribution in [0.4, 0.5) is 0 Å². The number of aromatic nitrogens is 1. The second kappa shape index (κ2) is 3.05. The number of nitrogens with zero attached hydrogens (tertiary/aromatic N) is 1. The van der Waals surface area contributed by atoms with Crippen LogP contribution >= 0.6 is 0 Å². The van der Waals surface area contributed by atoms with Gasteiger partial charge >= 0.3 is 0 Å². The fraction of sp³-hybridized carbons (Fsp3) is 0.0909. The van der Waals surface area contributed by atoms with Gasteiger partial charge in [0.25, 0.3) is 0 Å². The van der Waals surface area contributed by atoms with Crippen molar-refractivity contribution >= 4 is 0 Å². The van der Waals surface area contributed by atoms with Crippen LogP contribution in [0.5, 0.6) is 0 Å². The van der Waals surface area contributed by atoms with E-state index in [9.17, 15) is 0 Å². The summed E-state index contributed by atoms with van der Waals surface area (Å²) >= 11 is 0. The highest BCUT2D eigenvalue weighted by Gasteiger charge is 2.09. The van der Waals surface area contributed by atoms with Crippen molar-refractivity contribution in [3.05, 3.63) is 48.5 Å². The zero-order chi connectivity index (χ0) is 9.26. The lowest BCUT2D eigenvalue weighted by Gasteiger charge is -1.95. The first-order valence-electron chi connectivity index (χ1n) is 4.12. The Morgan fingerprint density at radius 2 is 1.92 bits per heavy atom. The van der Waals surface area contributed by atoms with E-state index < -0.39 is 0 Å². The molecule has 2 heteroatoms. The first-order valence-corrected chi connectivity index (χ1v) is 4.12. The predicted octanol–water partition coefficient (Wildman–Crippen LogP) is 2.83. The molecule has 2 nitrogen and oxygen atoms in total. The number of aryl methyl sites for hydroxylation is 1. The van der Waals surface area contributed by atoms with Crippen LogP contribution in [0.15, 0.2) is 34.9 Å². The topological polar surface area (TPSA) is 26.0 Å². The fourth-order valence-electron chi connectivity index (χ4n) is 1.21. The molecular formula is C11H10NO. The molecule has 0 aliphatic carbocycles. The van der Waals surface area contributed by atoms with E-state index >= 15 is 0 Å². The van der Waals surface area contributed by atoms with Gasteiger partial charge in [0.1, 0.15) is 0 Å². The van der Waals surface area contributed by atoms with Crippen LogP contribution in [0.25, 0.3) is 11.3 Å². The Hall–Kier alpha value is -1.57. The number of hydrogen-bond donors (Lipinski definition) is 0. The van der Waals surface area contributed by atoms with Crippen molar-refractivity contribution in [1.29, 1.82) is 0 Å². The molecule has 0 unspecified atom stereocenters. The molecule has 0 atom stereocenters. The van der Waals surface area contributed by atoms with Gasteiger partial charge in [0.2, 0.25) is 0 Å². The molecule has 0 bridgehead atoms. The van der Waals surface area contributed by atoms with Crippen LogP contribution in [0.3, 0.4) is 0 Å². The Kier molecular flexibility index (Phi) is 1.89. The van der Waals surface area contributed by atoms with E-state index in [2.05, 4.69) is 12.1 Å². The minimum Gasteiger partial charge on any atom is -0.356 e. The maximum absolute atomic E-state index is 5.17. The van der Waals surface area contributed by atoms with Gasteiger partial charge in [-0.25, -0.2) is 0 Å². The molecule has 1 aromatic carbocycles. The molecule has 1 aromatic heterocycles. The Balaban J connectivity index is 2.53. The van der Waals surface area contributed by atoms with Crippen molar-refractivity contribution in [2.75, 3.05) is 0 Å². The highest BCUT2D eigenvalue weighted by atomic mass is 16.5. The zero-order valence-electron chi connectivity index (χ0n) is 7.45. The SMILES string of the molecule is [CH2]c1c(C)noc1-c1ccccc1. The summed E-state index contributed by atoms with van der Waals surface area (Å²) in [6.45, 7) is 5.79. The second-order valence-electron chi connectivity index (χ2n) is 2.94. The monoisotopic (exact) mass is 172 g/mol. The van der Waals surface area contributed by atoms with E-state index in [0.29, 0.717) is 0 Å². The van der Waals surface area contributed by atoms with Gasteiger partial charge in [-0.05, 0) is 13.8 Å². The lowest BCUT2D eigenvalue weighted by Crippen LogP contribution is -1.77. The van der Waals surface area contributed by atoms with Crippen molar-refractivity contribution in [3.8, 4) is 11.3 Å². The first-order chi connectivity index (χ1) is 6.29. The van der Waals surface area contributed by atoms with Crippen LogP contribution in [0.1, 0.15) is 11.3 Å². The van der Waals surface area contributed by atoms with Crippen molar-refractivity contribution in [2.45, 2.75) is 6.92 Å². The predicted molar refractivity (Wildman–Crippen MR) is 51.1 cm³/mol. The third-order valence-corrected chi connectivity index (χ3v) is 2.02. The summed E-state index contributed by atoms with van der Waals surface area (Å²) in [5.74, 6) is 0.762. The van der Waals surface area contributed by atoms with E-state index in [0.717, 1.165) is 22.6 Å². The van der Waals surface area contributed by atoms with Crippen molar-refractivity contribution in [3.63, 3.8) is 0 Å². The molecule has 1 radical (unpaired) electrons. The summed E-state index contributed by atoms with van der Waals surface area (Å²) in [4.78, 5) is 0. The molecule has 13 heavy (non-hydrogen) atoms. The Morgan fingerprint density at radius 1 is 1.23 bits per heavy atom.